The van der Waals surface area contributed by atoms with E-state index in [-0.39, 0.29) is 23.9 Å². The number of esters is 1. The maximum Gasteiger partial charge on any atom is 0.359 e. The van der Waals surface area contributed by atoms with Gasteiger partial charge < -0.3 is 14.8 Å². The molecule has 0 spiro atoms. The first kappa shape index (κ1) is 24.6. The van der Waals surface area contributed by atoms with E-state index in [4.69, 9.17) is 9.47 Å². The molecule has 1 fully saturated rings. The van der Waals surface area contributed by atoms with Gasteiger partial charge in [-0.3, -0.25) is 14.5 Å². The highest BCUT2D eigenvalue weighted by Gasteiger charge is 2.55. The number of carbonyl (C=O) groups is 3. The first-order valence-electron chi connectivity index (χ1n) is 11.9. The van der Waals surface area contributed by atoms with Crippen LogP contribution in [0, 0.1) is 0 Å². The van der Waals surface area contributed by atoms with Crippen molar-refractivity contribution in [1.82, 2.24) is 10.2 Å². The number of β-lactam (4-membered cyclic amide) rings is 1. The van der Waals surface area contributed by atoms with E-state index in [1.807, 2.05) is 91.0 Å². The van der Waals surface area contributed by atoms with Gasteiger partial charge >= 0.3 is 5.97 Å². The molecule has 0 unspecified atom stereocenters. The molecule has 2 heterocycles. The number of benzene rings is 3. The molecule has 2 aliphatic heterocycles. The summed E-state index contributed by atoms with van der Waals surface area (Å²) in [7, 11) is 1.47. The van der Waals surface area contributed by atoms with Crippen LogP contribution in [0.25, 0.3) is 0 Å². The van der Waals surface area contributed by atoms with E-state index < -0.39 is 23.5 Å². The van der Waals surface area contributed by atoms with Crippen LogP contribution in [0.5, 0.6) is 0 Å². The van der Waals surface area contributed by atoms with Gasteiger partial charge in [-0.15, -0.1) is 11.8 Å². The topological polar surface area (TPSA) is 84.9 Å². The minimum Gasteiger partial charge on any atom is -0.498 e. The van der Waals surface area contributed by atoms with E-state index in [1.54, 1.807) is 0 Å². The van der Waals surface area contributed by atoms with E-state index in [2.05, 4.69) is 5.32 Å². The summed E-state index contributed by atoms with van der Waals surface area (Å²) in [5.74, 6) is -0.516. The Morgan fingerprint density at radius 3 is 2.08 bits per heavy atom. The highest BCUT2D eigenvalue weighted by Crippen LogP contribution is 2.41. The van der Waals surface area contributed by atoms with Crippen LogP contribution < -0.4 is 5.32 Å². The van der Waals surface area contributed by atoms with Crippen molar-refractivity contribution in [3.63, 3.8) is 0 Å². The monoisotopic (exact) mass is 514 g/mol. The second kappa shape index (κ2) is 10.9. The number of ether oxygens (including phenoxy) is 2. The number of hydrogen-bond donors (Lipinski definition) is 1. The molecule has 7 nitrogen and oxygen atoms in total. The molecule has 8 heteroatoms. The maximum absolute atomic E-state index is 13.6. The summed E-state index contributed by atoms with van der Waals surface area (Å²) >= 11 is 1.44. The molecule has 2 atom stereocenters. The van der Waals surface area contributed by atoms with Gasteiger partial charge in [-0.05, 0) is 16.7 Å². The number of rotatable bonds is 8. The van der Waals surface area contributed by atoms with E-state index in [0.717, 1.165) is 16.7 Å². The van der Waals surface area contributed by atoms with Crippen molar-refractivity contribution < 1.29 is 23.9 Å². The van der Waals surface area contributed by atoms with Crippen molar-refractivity contribution in [1.29, 1.82) is 0 Å². The minimum atomic E-state index is -0.721. The van der Waals surface area contributed by atoms with Crippen LogP contribution in [0.3, 0.4) is 0 Å². The number of nitrogens with one attached hydrogen (secondary N) is 1. The Balaban J connectivity index is 1.35. The molecule has 0 saturated carbocycles. The average Bonchev–Trinajstić information content (AvgIpc) is 2.95. The SMILES string of the molecule is COC1=C(C(=O)OC(c2ccccc2)c2ccccc2)N2C(=O)[C@@H](NC(=O)Cc3ccccc3)[C@H]2SC1. The Kier molecular flexibility index (Phi) is 7.28. The standard InChI is InChI=1S/C29H26N2O5S/c1-35-22-18-37-28-24(30-23(32)17-19-11-5-2-6-12-19)27(33)31(28)25(22)29(34)36-26(20-13-7-3-8-14-20)21-15-9-4-10-16-21/h2-16,24,26,28H,17-18H2,1H3,(H,30,32)/t24-,28-/m1/s1. The van der Waals surface area contributed by atoms with Crippen LogP contribution in [-0.2, 0) is 30.3 Å². The van der Waals surface area contributed by atoms with Crippen LogP contribution in [0.15, 0.2) is 102 Å². The molecule has 188 valence electrons. The lowest BCUT2D eigenvalue weighted by atomic mass is 10.0. The Morgan fingerprint density at radius 1 is 0.946 bits per heavy atom. The van der Waals surface area contributed by atoms with Crippen LogP contribution in [0.2, 0.25) is 0 Å². The number of fused-ring (bicyclic) bond motifs is 1. The van der Waals surface area contributed by atoms with Crippen molar-refractivity contribution >= 4 is 29.5 Å². The van der Waals surface area contributed by atoms with Gasteiger partial charge in [0.2, 0.25) is 5.91 Å². The minimum absolute atomic E-state index is 0.0849. The lowest BCUT2D eigenvalue weighted by Crippen LogP contribution is -2.70. The van der Waals surface area contributed by atoms with Gasteiger partial charge in [0.25, 0.3) is 5.91 Å². The molecular formula is C29H26N2O5S. The fourth-order valence-corrected chi connectivity index (χ4v) is 5.80. The highest BCUT2D eigenvalue weighted by atomic mass is 32.2. The summed E-state index contributed by atoms with van der Waals surface area (Å²) in [5.41, 5.74) is 2.56. The third-order valence-electron chi connectivity index (χ3n) is 6.33. The molecule has 3 aromatic carbocycles. The predicted molar refractivity (Wildman–Crippen MR) is 140 cm³/mol. The quantitative estimate of drug-likeness (QED) is 0.364. The summed E-state index contributed by atoms with van der Waals surface area (Å²) in [4.78, 5) is 40.8. The van der Waals surface area contributed by atoms with Gasteiger partial charge in [-0.2, -0.15) is 0 Å². The average molecular weight is 515 g/mol. The molecule has 0 radical (unpaired) electrons. The van der Waals surface area contributed by atoms with Gasteiger partial charge in [0, 0.05) is 0 Å². The zero-order valence-electron chi connectivity index (χ0n) is 20.2. The Bertz CT molecular complexity index is 1270. The van der Waals surface area contributed by atoms with Gasteiger partial charge in [-0.25, -0.2) is 4.79 Å². The lowest BCUT2D eigenvalue weighted by Gasteiger charge is -2.49. The summed E-state index contributed by atoms with van der Waals surface area (Å²) < 4.78 is 11.5. The largest absolute Gasteiger partial charge is 0.498 e. The van der Waals surface area contributed by atoms with Gasteiger partial charge in [-0.1, -0.05) is 91.0 Å². The maximum atomic E-state index is 13.6. The van der Waals surface area contributed by atoms with Crippen molar-refractivity contribution in [2.75, 3.05) is 12.9 Å². The van der Waals surface area contributed by atoms with Crippen LogP contribution >= 0.6 is 11.8 Å². The predicted octanol–water partition coefficient (Wildman–Crippen LogP) is 3.82. The van der Waals surface area contributed by atoms with Crippen molar-refractivity contribution in [3.05, 3.63) is 119 Å². The van der Waals surface area contributed by atoms with Crippen LogP contribution in [0.1, 0.15) is 22.8 Å². The zero-order chi connectivity index (χ0) is 25.8. The van der Waals surface area contributed by atoms with Gasteiger partial charge in [0.05, 0.1) is 19.3 Å². The Hall–Kier alpha value is -4.04. The third kappa shape index (κ3) is 5.11. The molecule has 0 aliphatic carbocycles. The Labute approximate surface area is 219 Å². The third-order valence-corrected chi connectivity index (χ3v) is 7.58. The van der Waals surface area contributed by atoms with E-state index in [9.17, 15) is 14.4 Å². The second-order valence-electron chi connectivity index (χ2n) is 8.70. The highest BCUT2D eigenvalue weighted by molar-refractivity contribution is 8.00. The van der Waals surface area contributed by atoms with E-state index in [1.165, 1.54) is 23.8 Å². The molecule has 37 heavy (non-hydrogen) atoms. The Morgan fingerprint density at radius 2 is 1.51 bits per heavy atom. The molecule has 3 aromatic rings. The molecule has 1 N–H and O–H groups in total. The second-order valence-corrected chi connectivity index (χ2v) is 9.80. The number of nitrogens with zero attached hydrogens (tertiary/aromatic N) is 1. The van der Waals surface area contributed by atoms with Crippen LogP contribution in [0.4, 0.5) is 0 Å². The van der Waals surface area contributed by atoms with Crippen molar-refractivity contribution in [2.45, 2.75) is 23.9 Å². The molecule has 1 saturated heterocycles. The first-order chi connectivity index (χ1) is 18.1. The molecular weight excluding hydrogens is 488 g/mol. The summed E-state index contributed by atoms with van der Waals surface area (Å²) in [5, 5.41) is 2.42. The first-order valence-corrected chi connectivity index (χ1v) is 13.0. The lowest BCUT2D eigenvalue weighted by molar-refractivity contribution is -0.155. The molecule has 5 rings (SSSR count). The number of methoxy groups -OCH3 is 1. The van der Waals surface area contributed by atoms with Gasteiger partial charge in [0.15, 0.2) is 11.8 Å². The number of hydrogen-bond acceptors (Lipinski definition) is 6. The summed E-state index contributed by atoms with van der Waals surface area (Å²) in [6, 6.07) is 27.5. The van der Waals surface area contributed by atoms with Crippen molar-refractivity contribution in [2.24, 2.45) is 0 Å². The van der Waals surface area contributed by atoms with E-state index >= 15 is 0 Å². The normalized spacial score (nSPS) is 18.6. The van der Waals surface area contributed by atoms with Gasteiger partial charge in [0.1, 0.15) is 17.2 Å². The summed E-state index contributed by atoms with van der Waals surface area (Å²) in [6.07, 6.45) is -0.488. The smallest absolute Gasteiger partial charge is 0.359 e. The van der Waals surface area contributed by atoms with Crippen molar-refractivity contribution in [3.8, 4) is 0 Å². The number of thioether (sulfide) groups is 1. The number of amides is 2. The summed E-state index contributed by atoms with van der Waals surface area (Å²) in [6.45, 7) is 0. The fourth-order valence-electron chi connectivity index (χ4n) is 4.49. The zero-order valence-corrected chi connectivity index (χ0v) is 21.0. The fraction of sp³-hybridized carbons (Fsp3) is 0.207. The molecule has 0 bridgehead atoms. The van der Waals surface area contributed by atoms with Crippen LogP contribution in [-0.4, -0.2) is 47.0 Å². The molecule has 0 aromatic heterocycles. The molecule has 2 aliphatic rings. The molecule has 2 amide bonds. The number of carbonyl (C=O) groups excluding carboxylic acids is 3. The van der Waals surface area contributed by atoms with E-state index in [0.29, 0.717) is 11.5 Å².